The fraction of sp³-hybridized carbons (Fsp3) is 0.600. The maximum absolute atomic E-state index is 12.8. The molecule has 1 aromatic carbocycles. The molecule has 1 N–H and O–H groups in total. The molecule has 0 unspecified atom stereocenters. The van der Waals surface area contributed by atoms with Gasteiger partial charge in [0, 0.05) is 19.5 Å². The first-order valence-corrected chi connectivity index (χ1v) is 8.96. The predicted molar refractivity (Wildman–Crippen MR) is 97.5 cm³/mol. The summed E-state index contributed by atoms with van der Waals surface area (Å²) in [5.74, 6) is 0.398. The van der Waals surface area contributed by atoms with Crippen LogP contribution >= 0.6 is 0 Å². The quantitative estimate of drug-likeness (QED) is 0.910. The Balaban J connectivity index is 1.65. The first-order chi connectivity index (χ1) is 11.7. The standard InChI is InChI=1S/C20H28N2O3/c1-14(23)21-16-7-5-6-8-17(16)25-11-18(24)22-13-20(4)10-15(22)9-19(2,3)12-20/h5-8,15H,9-13H2,1-4H3,(H,21,23)/t15-,20+/m1/s1. The lowest BCUT2D eigenvalue weighted by Crippen LogP contribution is -2.40. The molecule has 1 aromatic rings. The van der Waals surface area contributed by atoms with Crippen molar-refractivity contribution >= 4 is 17.5 Å². The summed E-state index contributed by atoms with van der Waals surface area (Å²) in [6.45, 7) is 9.16. The van der Waals surface area contributed by atoms with Crippen molar-refractivity contribution < 1.29 is 14.3 Å². The van der Waals surface area contributed by atoms with E-state index < -0.39 is 0 Å². The van der Waals surface area contributed by atoms with E-state index in [-0.39, 0.29) is 29.3 Å². The smallest absolute Gasteiger partial charge is 0.260 e. The summed E-state index contributed by atoms with van der Waals surface area (Å²) < 4.78 is 5.74. The van der Waals surface area contributed by atoms with Gasteiger partial charge < -0.3 is 15.0 Å². The largest absolute Gasteiger partial charge is 0.482 e. The van der Waals surface area contributed by atoms with Gasteiger partial charge in [-0.25, -0.2) is 0 Å². The lowest BCUT2D eigenvalue weighted by molar-refractivity contribution is -0.134. The fourth-order valence-electron chi connectivity index (χ4n) is 4.86. The Morgan fingerprint density at radius 1 is 1.24 bits per heavy atom. The summed E-state index contributed by atoms with van der Waals surface area (Å²) in [4.78, 5) is 26.1. The summed E-state index contributed by atoms with van der Waals surface area (Å²) in [6.07, 6.45) is 3.30. The molecule has 0 aromatic heterocycles. The van der Waals surface area contributed by atoms with Gasteiger partial charge in [-0.2, -0.15) is 0 Å². The van der Waals surface area contributed by atoms with Crippen LogP contribution in [0.15, 0.2) is 24.3 Å². The van der Waals surface area contributed by atoms with Crippen LogP contribution in [-0.2, 0) is 9.59 Å². The van der Waals surface area contributed by atoms with Crippen LogP contribution in [0.25, 0.3) is 0 Å². The highest BCUT2D eigenvalue weighted by atomic mass is 16.5. The zero-order chi connectivity index (χ0) is 18.2. The summed E-state index contributed by atoms with van der Waals surface area (Å²) >= 11 is 0. The first kappa shape index (κ1) is 17.8. The maximum atomic E-state index is 12.8. The van der Waals surface area contributed by atoms with E-state index in [0.29, 0.717) is 17.5 Å². The van der Waals surface area contributed by atoms with Gasteiger partial charge in [-0.05, 0) is 42.2 Å². The van der Waals surface area contributed by atoms with Crippen LogP contribution in [0.3, 0.4) is 0 Å². The molecule has 136 valence electrons. The van der Waals surface area contributed by atoms with Gasteiger partial charge in [0.1, 0.15) is 5.75 Å². The van der Waals surface area contributed by atoms with Crippen molar-refractivity contribution in [3.05, 3.63) is 24.3 Å². The number of likely N-dealkylation sites (tertiary alicyclic amines) is 1. The van der Waals surface area contributed by atoms with Crippen LogP contribution in [-0.4, -0.2) is 35.9 Å². The molecule has 1 aliphatic carbocycles. The van der Waals surface area contributed by atoms with Crippen molar-refractivity contribution in [1.29, 1.82) is 0 Å². The van der Waals surface area contributed by atoms with Gasteiger partial charge in [-0.1, -0.05) is 32.9 Å². The minimum atomic E-state index is -0.161. The number of amides is 2. The van der Waals surface area contributed by atoms with E-state index in [1.807, 2.05) is 17.0 Å². The van der Waals surface area contributed by atoms with Crippen molar-refractivity contribution in [3.63, 3.8) is 0 Å². The SMILES string of the molecule is CC(=O)Nc1ccccc1OCC(=O)N1C[C@@]2(C)C[C@H]1CC(C)(C)C2. The highest BCUT2D eigenvalue weighted by Crippen LogP contribution is 2.52. The summed E-state index contributed by atoms with van der Waals surface area (Å²) in [5, 5.41) is 2.73. The molecule has 2 atom stereocenters. The average molecular weight is 344 g/mol. The zero-order valence-corrected chi connectivity index (χ0v) is 15.6. The second-order valence-corrected chi connectivity index (χ2v) is 8.70. The van der Waals surface area contributed by atoms with E-state index >= 15 is 0 Å². The number of benzene rings is 1. The lowest BCUT2D eigenvalue weighted by Gasteiger charge is -2.39. The third kappa shape index (κ3) is 3.97. The molecule has 0 spiro atoms. The summed E-state index contributed by atoms with van der Waals surface area (Å²) in [7, 11) is 0. The average Bonchev–Trinajstić information content (AvgIpc) is 2.74. The summed E-state index contributed by atoms with van der Waals surface area (Å²) in [5.41, 5.74) is 1.10. The van der Waals surface area contributed by atoms with Gasteiger partial charge in [0.2, 0.25) is 5.91 Å². The lowest BCUT2D eigenvalue weighted by atomic mass is 9.65. The van der Waals surface area contributed by atoms with Crippen LogP contribution in [0, 0.1) is 10.8 Å². The second-order valence-electron chi connectivity index (χ2n) is 8.70. The van der Waals surface area contributed by atoms with Crippen LogP contribution in [0.4, 0.5) is 5.69 Å². The molecule has 1 aliphatic heterocycles. The van der Waals surface area contributed by atoms with Gasteiger partial charge in [0.25, 0.3) is 5.91 Å². The van der Waals surface area contributed by atoms with Crippen molar-refractivity contribution in [3.8, 4) is 5.75 Å². The van der Waals surface area contributed by atoms with Gasteiger partial charge >= 0.3 is 0 Å². The Kier molecular flexibility index (Phi) is 4.52. The molecular formula is C20H28N2O3. The Bertz CT molecular complexity index is 685. The van der Waals surface area contributed by atoms with Gasteiger partial charge in [-0.3, -0.25) is 9.59 Å². The number of anilines is 1. The van der Waals surface area contributed by atoms with Crippen LogP contribution in [0.1, 0.15) is 47.0 Å². The van der Waals surface area contributed by atoms with E-state index in [1.54, 1.807) is 12.1 Å². The predicted octanol–water partition coefficient (Wildman–Crippen LogP) is 3.45. The van der Waals surface area contributed by atoms with E-state index in [0.717, 1.165) is 25.8 Å². The molecule has 1 saturated heterocycles. The number of ether oxygens (including phenoxy) is 1. The van der Waals surface area contributed by atoms with E-state index in [9.17, 15) is 9.59 Å². The number of fused-ring (bicyclic) bond motifs is 2. The summed E-state index contributed by atoms with van der Waals surface area (Å²) in [6, 6.07) is 7.51. The van der Waals surface area contributed by atoms with Gasteiger partial charge in [0.15, 0.2) is 6.61 Å². The topological polar surface area (TPSA) is 58.6 Å². The number of carbonyl (C=O) groups is 2. The third-order valence-corrected chi connectivity index (χ3v) is 5.28. The number of carbonyl (C=O) groups excluding carboxylic acids is 2. The number of hydrogen-bond donors (Lipinski definition) is 1. The normalized spacial score (nSPS) is 27.0. The molecule has 5 heteroatoms. The molecule has 2 aliphatic rings. The number of hydrogen-bond acceptors (Lipinski definition) is 3. The molecule has 1 saturated carbocycles. The molecule has 1 heterocycles. The van der Waals surface area contributed by atoms with Crippen LogP contribution in [0.5, 0.6) is 5.75 Å². The highest BCUT2D eigenvalue weighted by molar-refractivity contribution is 5.90. The highest BCUT2D eigenvalue weighted by Gasteiger charge is 2.50. The fourth-order valence-corrected chi connectivity index (χ4v) is 4.86. The molecule has 0 radical (unpaired) electrons. The Hall–Kier alpha value is -2.04. The first-order valence-electron chi connectivity index (χ1n) is 8.96. The molecule has 3 rings (SSSR count). The number of nitrogens with zero attached hydrogens (tertiary/aromatic N) is 1. The maximum Gasteiger partial charge on any atom is 0.260 e. The minimum absolute atomic E-state index is 0.00358. The number of rotatable bonds is 4. The van der Waals surface area contributed by atoms with Crippen LogP contribution < -0.4 is 10.1 Å². The Morgan fingerprint density at radius 2 is 1.96 bits per heavy atom. The molecule has 2 bridgehead atoms. The number of para-hydroxylation sites is 2. The van der Waals surface area contributed by atoms with Gasteiger partial charge in [-0.15, -0.1) is 0 Å². The molecule has 25 heavy (non-hydrogen) atoms. The zero-order valence-electron chi connectivity index (χ0n) is 15.6. The molecule has 2 fully saturated rings. The van der Waals surface area contributed by atoms with Crippen molar-refractivity contribution in [1.82, 2.24) is 4.90 Å². The van der Waals surface area contributed by atoms with Crippen LogP contribution in [0.2, 0.25) is 0 Å². The van der Waals surface area contributed by atoms with Crippen molar-refractivity contribution in [2.24, 2.45) is 10.8 Å². The van der Waals surface area contributed by atoms with Crippen molar-refractivity contribution in [2.45, 2.75) is 53.0 Å². The molecule has 2 amide bonds. The Morgan fingerprint density at radius 3 is 2.68 bits per heavy atom. The third-order valence-electron chi connectivity index (χ3n) is 5.28. The van der Waals surface area contributed by atoms with Crippen molar-refractivity contribution in [2.75, 3.05) is 18.5 Å². The molecule has 5 nitrogen and oxygen atoms in total. The van der Waals surface area contributed by atoms with E-state index in [1.165, 1.54) is 6.92 Å². The second kappa shape index (κ2) is 6.36. The monoisotopic (exact) mass is 344 g/mol. The van der Waals surface area contributed by atoms with Gasteiger partial charge in [0.05, 0.1) is 5.69 Å². The minimum Gasteiger partial charge on any atom is -0.482 e. The van der Waals surface area contributed by atoms with E-state index in [4.69, 9.17) is 4.74 Å². The number of nitrogens with one attached hydrogen (secondary N) is 1. The van der Waals surface area contributed by atoms with E-state index in [2.05, 4.69) is 26.1 Å². The molecular weight excluding hydrogens is 316 g/mol. The Labute approximate surface area is 149 Å².